The lowest BCUT2D eigenvalue weighted by Crippen LogP contribution is -2.06. The Hall–Kier alpha value is -0.660. The predicted molar refractivity (Wildman–Crippen MR) is 42.7 cm³/mol. The van der Waals surface area contributed by atoms with Crippen molar-refractivity contribution in [1.29, 1.82) is 0 Å². The molecule has 0 saturated carbocycles. The van der Waals surface area contributed by atoms with Crippen LogP contribution in [0.1, 0.15) is 13.3 Å². The van der Waals surface area contributed by atoms with Crippen molar-refractivity contribution in [3.8, 4) is 0 Å². The zero-order chi connectivity index (χ0) is 7.98. The molecule has 0 fully saturated rings. The maximum absolute atomic E-state index is 10.7. The number of ether oxygens (including phenoxy) is 1. The maximum Gasteiger partial charge on any atom is 0.342 e. The maximum atomic E-state index is 10.7. The second-order valence-electron chi connectivity index (χ2n) is 1.72. The van der Waals surface area contributed by atoms with Gasteiger partial charge in [-0.2, -0.15) is 0 Å². The monoisotopic (exact) mass is 157 g/mol. The van der Waals surface area contributed by atoms with E-state index in [2.05, 4.69) is 28.9 Å². The van der Waals surface area contributed by atoms with E-state index >= 15 is 0 Å². The van der Waals surface area contributed by atoms with Crippen LogP contribution in [0.5, 0.6) is 0 Å². The molecule has 0 amide bonds. The topological polar surface area (TPSA) is 26.3 Å². The molecule has 0 aromatic carbocycles. The van der Waals surface area contributed by atoms with Crippen LogP contribution < -0.4 is 0 Å². The van der Waals surface area contributed by atoms with E-state index in [1.54, 1.807) is 6.92 Å². The van der Waals surface area contributed by atoms with Gasteiger partial charge in [-0.05, 0) is 37.5 Å². The Balaban J connectivity index is 3.75. The molecular weight excluding hydrogens is 148 g/mol. The molecule has 0 aromatic rings. The third-order valence-electron chi connectivity index (χ3n) is 0.837. The molecule has 55 valence electrons. The number of hydrogen-bond donors (Lipinski definition) is 0. The number of carbonyl (C=O) groups excluding carboxylic acids is 1. The zero-order valence-corrected chi connectivity index (χ0v) is 6.66. The van der Waals surface area contributed by atoms with Crippen LogP contribution in [0.3, 0.4) is 0 Å². The van der Waals surface area contributed by atoms with Gasteiger partial charge < -0.3 is 4.74 Å². The number of carbonyl (C=O) groups is 1. The molecule has 0 aromatic heterocycles. The van der Waals surface area contributed by atoms with Crippen molar-refractivity contribution in [2.24, 2.45) is 0 Å². The van der Waals surface area contributed by atoms with Crippen molar-refractivity contribution in [2.45, 2.75) is 13.3 Å². The molecule has 3 heteroatoms. The Morgan fingerprint density at radius 3 is 2.80 bits per heavy atom. The summed E-state index contributed by atoms with van der Waals surface area (Å²) in [5, 5.41) is 2.28. The second-order valence-corrected chi connectivity index (χ2v) is 1.92. The molecule has 0 N–H and O–H groups in total. The fourth-order valence-corrected chi connectivity index (χ4v) is 0.398. The molecule has 0 aliphatic heterocycles. The Labute approximate surface area is 65.9 Å². The van der Waals surface area contributed by atoms with Crippen LogP contribution in [0.25, 0.3) is 0 Å². The van der Waals surface area contributed by atoms with Crippen molar-refractivity contribution >= 4 is 23.2 Å². The summed E-state index contributed by atoms with van der Waals surface area (Å²) < 4.78 is 4.68. The summed E-state index contributed by atoms with van der Waals surface area (Å²) in [6, 6.07) is 0. The lowest BCUT2D eigenvalue weighted by Gasteiger charge is -1.98. The molecule has 1 radical (unpaired) electrons. The normalized spacial score (nSPS) is 8.20. The van der Waals surface area contributed by atoms with Crippen LogP contribution in [-0.2, 0) is 9.53 Å². The Kier molecular flexibility index (Phi) is 4.81. The fraction of sp³-hybridized carbons (Fsp3) is 0.429. The molecular formula is C7H9O2S. The summed E-state index contributed by atoms with van der Waals surface area (Å²) >= 11 is 4.40. The molecule has 0 aliphatic carbocycles. The van der Waals surface area contributed by atoms with E-state index in [9.17, 15) is 4.79 Å². The van der Waals surface area contributed by atoms with E-state index in [1.165, 1.54) is 0 Å². The van der Waals surface area contributed by atoms with Gasteiger partial charge in [0.1, 0.15) is 0 Å². The summed E-state index contributed by atoms with van der Waals surface area (Å²) in [6.07, 6.45) is 0.580. The first-order chi connectivity index (χ1) is 4.72. The number of esters is 1. The number of rotatable bonds is 3. The molecule has 0 atom stereocenters. The van der Waals surface area contributed by atoms with E-state index < -0.39 is 5.97 Å². The highest BCUT2D eigenvalue weighted by molar-refractivity contribution is 7.78. The fourth-order valence-electron chi connectivity index (χ4n) is 0.315. The first-order valence-corrected chi connectivity index (χ1v) is 3.31. The van der Waals surface area contributed by atoms with Gasteiger partial charge in [-0.1, -0.05) is 0 Å². The van der Waals surface area contributed by atoms with Gasteiger partial charge in [0.2, 0.25) is 0 Å². The third-order valence-corrected chi connectivity index (χ3v) is 1.14. The van der Waals surface area contributed by atoms with Gasteiger partial charge in [0.15, 0.2) is 0 Å². The average molecular weight is 157 g/mol. The van der Waals surface area contributed by atoms with Crippen molar-refractivity contribution in [3.63, 3.8) is 0 Å². The largest absolute Gasteiger partial charge is 0.462 e. The summed E-state index contributed by atoms with van der Waals surface area (Å²) in [5.74, 6) is -0.404. The highest BCUT2D eigenvalue weighted by Gasteiger charge is 2.02. The summed E-state index contributed by atoms with van der Waals surface area (Å²) in [4.78, 5) is 10.7. The van der Waals surface area contributed by atoms with Crippen LogP contribution in [0.2, 0.25) is 0 Å². The van der Waals surface area contributed by atoms with Crippen molar-refractivity contribution in [1.82, 2.24) is 0 Å². The first-order valence-electron chi connectivity index (χ1n) is 2.90. The van der Waals surface area contributed by atoms with E-state index in [0.29, 0.717) is 18.6 Å². The highest BCUT2D eigenvalue weighted by atomic mass is 32.1. The van der Waals surface area contributed by atoms with Gasteiger partial charge in [0.25, 0.3) is 0 Å². The average Bonchev–Trinajstić information content (AvgIpc) is 1.98. The molecule has 0 saturated heterocycles. The SMILES string of the molecule is [CH2]CCOC(=O)C(C)=C=S. The Morgan fingerprint density at radius 2 is 2.40 bits per heavy atom. The van der Waals surface area contributed by atoms with Crippen molar-refractivity contribution in [2.75, 3.05) is 6.61 Å². The van der Waals surface area contributed by atoms with Crippen LogP contribution >= 0.6 is 12.2 Å². The standard InChI is InChI=1S/C7H9O2S/c1-3-4-9-7(8)6(2)5-10/h1,3-4H2,2H3. The molecule has 0 unspecified atom stereocenters. The highest BCUT2D eigenvalue weighted by Crippen LogP contribution is 1.91. The smallest absolute Gasteiger partial charge is 0.342 e. The lowest BCUT2D eigenvalue weighted by molar-refractivity contribution is -0.138. The van der Waals surface area contributed by atoms with Crippen LogP contribution in [0, 0.1) is 6.92 Å². The van der Waals surface area contributed by atoms with Gasteiger partial charge in [0, 0.05) is 0 Å². The summed E-state index contributed by atoms with van der Waals surface area (Å²) in [5.41, 5.74) is 0.337. The number of hydrogen-bond acceptors (Lipinski definition) is 3. The Morgan fingerprint density at radius 1 is 1.80 bits per heavy atom. The van der Waals surface area contributed by atoms with Gasteiger partial charge >= 0.3 is 5.97 Å². The quantitative estimate of drug-likeness (QED) is 0.351. The predicted octanol–water partition coefficient (Wildman–Crippen LogP) is 1.30. The third kappa shape index (κ3) is 3.38. The number of thiocarbonyl (C=S) groups is 1. The first kappa shape index (κ1) is 9.34. The molecule has 0 heterocycles. The second kappa shape index (κ2) is 5.15. The van der Waals surface area contributed by atoms with Crippen LogP contribution in [0.15, 0.2) is 5.57 Å². The van der Waals surface area contributed by atoms with E-state index in [0.717, 1.165) is 0 Å². The Bertz CT molecular complexity index is 168. The molecule has 10 heavy (non-hydrogen) atoms. The molecule has 2 nitrogen and oxygen atoms in total. The summed E-state index contributed by atoms with van der Waals surface area (Å²) in [7, 11) is 0. The van der Waals surface area contributed by atoms with E-state index in [-0.39, 0.29) is 0 Å². The van der Waals surface area contributed by atoms with Crippen LogP contribution in [0.4, 0.5) is 0 Å². The van der Waals surface area contributed by atoms with Gasteiger partial charge in [-0.15, -0.1) is 0 Å². The molecule has 0 bridgehead atoms. The van der Waals surface area contributed by atoms with E-state index in [1.807, 2.05) is 0 Å². The van der Waals surface area contributed by atoms with Crippen LogP contribution in [-0.4, -0.2) is 17.6 Å². The van der Waals surface area contributed by atoms with Gasteiger partial charge in [-0.3, -0.25) is 0 Å². The van der Waals surface area contributed by atoms with Gasteiger partial charge in [0.05, 0.1) is 12.2 Å². The minimum Gasteiger partial charge on any atom is -0.462 e. The molecule has 0 rings (SSSR count). The molecule has 0 spiro atoms. The summed E-state index contributed by atoms with van der Waals surface area (Å²) in [6.45, 7) is 5.42. The minimum atomic E-state index is -0.404. The molecule has 0 aliphatic rings. The minimum absolute atomic E-state index is 0.337. The van der Waals surface area contributed by atoms with E-state index in [4.69, 9.17) is 0 Å². The van der Waals surface area contributed by atoms with Gasteiger partial charge in [-0.25, -0.2) is 4.79 Å². The van der Waals surface area contributed by atoms with Crippen molar-refractivity contribution < 1.29 is 9.53 Å². The lowest BCUT2D eigenvalue weighted by atomic mass is 10.4. The zero-order valence-electron chi connectivity index (χ0n) is 5.85. The van der Waals surface area contributed by atoms with Crippen molar-refractivity contribution in [3.05, 3.63) is 12.5 Å².